The van der Waals surface area contributed by atoms with Crippen molar-refractivity contribution in [3.05, 3.63) is 30.1 Å². The van der Waals surface area contributed by atoms with Gasteiger partial charge >= 0.3 is 5.97 Å². The molecular weight excluding hydrogens is 342 g/mol. The quantitative estimate of drug-likeness (QED) is 0.837. The van der Waals surface area contributed by atoms with Gasteiger partial charge in [-0.25, -0.2) is 4.98 Å². The lowest BCUT2D eigenvalue weighted by molar-refractivity contribution is -0.157. The van der Waals surface area contributed by atoms with Crippen LogP contribution in [0.15, 0.2) is 29.6 Å². The van der Waals surface area contributed by atoms with E-state index in [1.807, 2.05) is 35.1 Å². The van der Waals surface area contributed by atoms with Crippen molar-refractivity contribution in [3.8, 4) is 0 Å². The van der Waals surface area contributed by atoms with Crippen LogP contribution >= 0.6 is 11.8 Å². The number of nitrogens with zero attached hydrogens (tertiary/aromatic N) is 3. The standard InChI is InChI=1S/C17H19N3O4S/c1-25-16-18-13(12-4-2-3-6-20(12)16)14(21)19-8-11-9-24-7-5-17(11,10-19)15(22)23/h2-4,6,11H,5,7-10H2,1H3,(H,22,23)/t11-,17+/m0/s1. The summed E-state index contributed by atoms with van der Waals surface area (Å²) in [4.78, 5) is 31.1. The molecule has 132 valence electrons. The van der Waals surface area contributed by atoms with Gasteiger partial charge in [0, 0.05) is 31.8 Å². The third kappa shape index (κ3) is 2.43. The number of amides is 1. The van der Waals surface area contributed by atoms with E-state index < -0.39 is 11.4 Å². The number of carbonyl (C=O) groups excluding carboxylic acids is 1. The van der Waals surface area contributed by atoms with Gasteiger partial charge in [-0.1, -0.05) is 17.8 Å². The minimum atomic E-state index is -0.897. The molecule has 0 aliphatic carbocycles. The van der Waals surface area contributed by atoms with E-state index in [9.17, 15) is 14.7 Å². The van der Waals surface area contributed by atoms with Gasteiger partial charge in [0.25, 0.3) is 5.91 Å². The summed E-state index contributed by atoms with van der Waals surface area (Å²) in [6, 6.07) is 5.62. The van der Waals surface area contributed by atoms with Gasteiger partial charge in [0.15, 0.2) is 10.9 Å². The number of hydrogen-bond donors (Lipinski definition) is 1. The average molecular weight is 361 g/mol. The van der Waals surface area contributed by atoms with Crippen molar-refractivity contribution in [3.63, 3.8) is 0 Å². The van der Waals surface area contributed by atoms with Crippen LogP contribution in [-0.2, 0) is 9.53 Å². The third-order valence-electron chi connectivity index (χ3n) is 5.32. The first kappa shape index (κ1) is 16.4. The summed E-state index contributed by atoms with van der Waals surface area (Å²) in [6.45, 7) is 1.42. The number of ether oxygens (including phenoxy) is 1. The van der Waals surface area contributed by atoms with Gasteiger partial charge in [-0.2, -0.15) is 0 Å². The van der Waals surface area contributed by atoms with Gasteiger partial charge in [0.2, 0.25) is 0 Å². The van der Waals surface area contributed by atoms with Crippen LogP contribution < -0.4 is 0 Å². The Hall–Kier alpha value is -2.06. The van der Waals surface area contributed by atoms with E-state index in [4.69, 9.17) is 4.74 Å². The number of carboxylic acids is 1. The predicted octanol–water partition coefficient (Wildman–Crippen LogP) is 1.62. The molecular formula is C17H19N3O4S. The summed E-state index contributed by atoms with van der Waals surface area (Å²) in [5.41, 5.74) is 0.226. The normalized spacial score (nSPS) is 26.0. The maximum absolute atomic E-state index is 13.1. The van der Waals surface area contributed by atoms with E-state index in [2.05, 4.69) is 4.98 Å². The van der Waals surface area contributed by atoms with Gasteiger partial charge in [-0.15, -0.1) is 0 Å². The largest absolute Gasteiger partial charge is 0.481 e. The monoisotopic (exact) mass is 361 g/mol. The fourth-order valence-corrected chi connectivity index (χ4v) is 4.45. The highest BCUT2D eigenvalue weighted by atomic mass is 32.2. The van der Waals surface area contributed by atoms with Crippen LogP contribution in [0.4, 0.5) is 0 Å². The van der Waals surface area contributed by atoms with Crippen LogP contribution in [0.5, 0.6) is 0 Å². The lowest BCUT2D eigenvalue weighted by Crippen LogP contribution is -2.45. The molecule has 0 saturated carbocycles. The second-order valence-corrected chi connectivity index (χ2v) is 7.35. The van der Waals surface area contributed by atoms with E-state index in [1.54, 1.807) is 4.90 Å². The van der Waals surface area contributed by atoms with Gasteiger partial charge in [0.1, 0.15) is 0 Å². The fourth-order valence-electron chi connectivity index (χ4n) is 3.92. The second kappa shape index (κ2) is 6.03. The molecule has 7 nitrogen and oxygen atoms in total. The number of carbonyl (C=O) groups is 2. The number of aromatic nitrogens is 2. The van der Waals surface area contributed by atoms with E-state index >= 15 is 0 Å². The number of imidazole rings is 1. The summed E-state index contributed by atoms with van der Waals surface area (Å²) in [5, 5.41) is 10.5. The SMILES string of the molecule is CSc1nc(C(=O)N2C[C@H]3COCC[C@@]3(C(=O)O)C2)c2ccccn12. The number of rotatable bonds is 3. The van der Waals surface area contributed by atoms with Crippen LogP contribution in [0.1, 0.15) is 16.9 Å². The Morgan fingerprint density at radius 3 is 3.00 bits per heavy atom. The van der Waals surface area contributed by atoms with E-state index in [1.165, 1.54) is 11.8 Å². The lowest BCUT2D eigenvalue weighted by atomic mass is 9.74. The van der Waals surface area contributed by atoms with Crippen molar-refractivity contribution in [2.24, 2.45) is 11.3 Å². The maximum atomic E-state index is 13.1. The van der Waals surface area contributed by atoms with Crippen molar-refractivity contribution in [2.45, 2.75) is 11.6 Å². The van der Waals surface area contributed by atoms with E-state index in [0.717, 1.165) is 10.7 Å². The molecule has 2 fully saturated rings. The van der Waals surface area contributed by atoms with Crippen LogP contribution in [-0.4, -0.2) is 63.8 Å². The zero-order valence-electron chi connectivity index (χ0n) is 13.8. The molecule has 2 aromatic rings. The Labute approximate surface area is 149 Å². The number of thioether (sulfide) groups is 1. The minimum absolute atomic E-state index is 0.170. The summed E-state index contributed by atoms with van der Waals surface area (Å²) in [7, 11) is 0. The summed E-state index contributed by atoms with van der Waals surface area (Å²) in [6.07, 6.45) is 4.23. The van der Waals surface area contributed by atoms with Crippen molar-refractivity contribution in [1.82, 2.24) is 14.3 Å². The molecule has 25 heavy (non-hydrogen) atoms. The molecule has 0 spiro atoms. The van der Waals surface area contributed by atoms with Crippen molar-refractivity contribution in [2.75, 3.05) is 32.6 Å². The van der Waals surface area contributed by atoms with E-state index in [0.29, 0.717) is 31.9 Å². The maximum Gasteiger partial charge on any atom is 0.311 e. The van der Waals surface area contributed by atoms with Gasteiger partial charge < -0.3 is 14.7 Å². The Morgan fingerprint density at radius 1 is 1.44 bits per heavy atom. The van der Waals surface area contributed by atoms with Crippen LogP contribution in [0.2, 0.25) is 0 Å². The van der Waals surface area contributed by atoms with E-state index in [-0.39, 0.29) is 18.4 Å². The number of carboxylic acid groups (broad SMARTS) is 1. The number of likely N-dealkylation sites (tertiary alicyclic amines) is 1. The van der Waals surface area contributed by atoms with Crippen molar-refractivity contribution in [1.29, 1.82) is 0 Å². The number of hydrogen-bond acceptors (Lipinski definition) is 5. The predicted molar refractivity (Wildman–Crippen MR) is 91.9 cm³/mol. The zero-order valence-corrected chi connectivity index (χ0v) is 14.7. The minimum Gasteiger partial charge on any atom is -0.481 e. The number of pyridine rings is 1. The first-order chi connectivity index (χ1) is 12.1. The number of fused-ring (bicyclic) bond motifs is 2. The van der Waals surface area contributed by atoms with Crippen molar-refractivity contribution >= 4 is 29.2 Å². The summed E-state index contributed by atoms with van der Waals surface area (Å²) >= 11 is 1.47. The molecule has 8 heteroatoms. The Kier molecular flexibility index (Phi) is 3.96. The second-order valence-electron chi connectivity index (χ2n) is 6.57. The first-order valence-electron chi connectivity index (χ1n) is 8.18. The van der Waals surface area contributed by atoms with Crippen LogP contribution in [0.25, 0.3) is 5.52 Å². The molecule has 0 unspecified atom stereocenters. The molecule has 4 heterocycles. The molecule has 0 radical (unpaired) electrons. The van der Waals surface area contributed by atoms with Crippen molar-refractivity contribution < 1.29 is 19.4 Å². The van der Waals surface area contributed by atoms with Gasteiger partial charge in [-0.05, 0) is 24.8 Å². The Balaban J connectivity index is 1.70. The highest BCUT2D eigenvalue weighted by molar-refractivity contribution is 7.98. The fraction of sp³-hybridized carbons (Fsp3) is 0.471. The molecule has 2 aliphatic heterocycles. The molecule has 0 aromatic carbocycles. The third-order valence-corrected chi connectivity index (χ3v) is 5.97. The average Bonchev–Trinajstić information content (AvgIpc) is 3.20. The summed E-state index contributed by atoms with van der Waals surface area (Å²) in [5.74, 6) is -1.22. The molecule has 1 N–H and O–H groups in total. The summed E-state index contributed by atoms with van der Waals surface area (Å²) < 4.78 is 7.35. The van der Waals surface area contributed by atoms with Crippen LogP contribution in [0.3, 0.4) is 0 Å². The Morgan fingerprint density at radius 2 is 2.28 bits per heavy atom. The molecule has 1 amide bonds. The number of aliphatic carboxylic acids is 1. The molecule has 4 rings (SSSR count). The van der Waals surface area contributed by atoms with Crippen LogP contribution in [0, 0.1) is 11.3 Å². The first-order valence-corrected chi connectivity index (χ1v) is 9.41. The Bertz CT molecular complexity index is 852. The molecule has 0 bridgehead atoms. The highest BCUT2D eigenvalue weighted by Gasteiger charge is 2.55. The molecule has 2 atom stereocenters. The topological polar surface area (TPSA) is 84.1 Å². The zero-order chi connectivity index (χ0) is 17.6. The highest BCUT2D eigenvalue weighted by Crippen LogP contribution is 2.43. The van der Waals surface area contributed by atoms with Gasteiger partial charge in [-0.3, -0.25) is 14.0 Å². The molecule has 2 saturated heterocycles. The molecule has 2 aliphatic rings. The van der Waals surface area contributed by atoms with Gasteiger partial charge in [0.05, 0.1) is 17.5 Å². The lowest BCUT2D eigenvalue weighted by Gasteiger charge is -2.33. The smallest absolute Gasteiger partial charge is 0.311 e. The molecule has 2 aromatic heterocycles.